The van der Waals surface area contributed by atoms with Gasteiger partial charge in [0, 0.05) is 25.2 Å². The molecule has 1 aliphatic heterocycles. The molecule has 0 spiro atoms. The van der Waals surface area contributed by atoms with Crippen LogP contribution in [0.1, 0.15) is 46.0 Å². The lowest BCUT2D eigenvalue weighted by molar-refractivity contribution is 0.0913. The molecule has 0 aromatic heterocycles. The molecule has 0 bridgehead atoms. The highest BCUT2D eigenvalue weighted by molar-refractivity contribution is 4.90. The fraction of sp³-hybridized carbons (Fsp3) is 1.00. The quantitative estimate of drug-likeness (QED) is 0.749. The van der Waals surface area contributed by atoms with Crippen molar-refractivity contribution in [1.82, 2.24) is 10.2 Å². The molecule has 0 radical (unpaired) electrons. The summed E-state index contributed by atoms with van der Waals surface area (Å²) in [4.78, 5) is 2.81. The van der Waals surface area contributed by atoms with Gasteiger partial charge in [-0.2, -0.15) is 0 Å². The molecule has 0 aromatic rings. The van der Waals surface area contributed by atoms with E-state index in [9.17, 15) is 0 Å². The fourth-order valence-electron chi connectivity index (χ4n) is 2.81. The smallest absolute Gasteiger partial charge is 0.0348 e. The van der Waals surface area contributed by atoms with E-state index in [4.69, 9.17) is 0 Å². The summed E-state index contributed by atoms with van der Waals surface area (Å²) in [5.41, 5.74) is 0. The van der Waals surface area contributed by atoms with Gasteiger partial charge in [0.15, 0.2) is 0 Å². The summed E-state index contributed by atoms with van der Waals surface area (Å²) >= 11 is 0. The Morgan fingerprint density at radius 2 is 1.80 bits per heavy atom. The van der Waals surface area contributed by atoms with Gasteiger partial charge in [-0.25, -0.2) is 0 Å². The molecule has 2 nitrogen and oxygen atoms in total. The first kappa shape index (κ1) is 11.4. The van der Waals surface area contributed by atoms with Gasteiger partial charge >= 0.3 is 0 Å². The lowest BCUT2D eigenvalue weighted by atomic mass is 10.0. The van der Waals surface area contributed by atoms with Crippen LogP contribution in [0.5, 0.6) is 0 Å². The molecule has 2 heteroatoms. The Kier molecular flexibility index (Phi) is 4.04. The van der Waals surface area contributed by atoms with Crippen molar-refractivity contribution in [3.05, 3.63) is 0 Å². The molecule has 88 valence electrons. The van der Waals surface area contributed by atoms with Crippen LogP contribution in [0.3, 0.4) is 0 Å². The average Bonchev–Trinajstić information content (AvgIpc) is 2.60. The zero-order chi connectivity index (χ0) is 10.7. The van der Waals surface area contributed by atoms with Crippen LogP contribution in [0, 0.1) is 5.92 Å². The number of nitrogens with zero attached hydrogens (tertiary/aromatic N) is 1. The van der Waals surface area contributed by atoms with Gasteiger partial charge in [0.2, 0.25) is 0 Å². The van der Waals surface area contributed by atoms with Crippen molar-refractivity contribution >= 4 is 0 Å². The first-order valence-corrected chi connectivity index (χ1v) is 6.74. The van der Waals surface area contributed by atoms with Crippen LogP contribution in [0.15, 0.2) is 0 Å². The predicted molar refractivity (Wildman–Crippen MR) is 65.1 cm³/mol. The van der Waals surface area contributed by atoms with Gasteiger partial charge in [-0.1, -0.05) is 26.7 Å². The number of hydrogen-bond acceptors (Lipinski definition) is 2. The second-order valence-electron chi connectivity index (χ2n) is 5.67. The lowest BCUT2D eigenvalue weighted by Crippen LogP contribution is -2.59. The zero-order valence-electron chi connectivity index (χ0n) is 10.3. The Balaban J connectivity index is 1.83. The maximum Gasteiger partial charge on any atom is 0.0348 e. The van der Waals surface area contributed by atoms with Gasteiger partial charge in [0.25, 0.3) is 0 Å². The summed E-state index contributed by atoms with van der Waals surface area (Å²) < 4.78 is 0. The third-order valence-electron chi connectivity index (χ3n) is 3.99. The van der Waals surface area contributed by atoms with Crippen LogP contribution < -0.4 is 5.32 Å². The topological polar surface area (TPSA) is 15.3 Å². The molecule has 1 saturated heterocycles. The summed E-state index contributed by atoms with van der Waals surface area (Å²) in [6.45, 7) is 8.47. The molecule has 1 saturated carbocycles. The van der Waals surface area contributed by atoms with Crippen molar-refractivity contribution in [3.8, 4) is 0 Å². The lowest BCUT2D eigenvalue weighted by Gasteiger charge is -2.42. The minimum atomic E-state index is 0.849. The monoisotopic (exact) mass is 210 g/mol. The predicted octanol–water partition coefficient (Wildman–Crippen LogP) is 2.25. The van der Waals surface area contributed by atoms with Crippen molar-refractivity contribution in [2.24, 2.45) is 5.92 Å². The molecule has 2 fully saturated rings. The van der Waals surface area contributed by atoms with Crippen LogP contribution in [0.4, 0.5) is 0 Å². The fourth-order valence-corrected chi connectivity index (χ4v) is 2.81. The van der Waals surface area contributed by atoms with E-state index in [2.05, 4.69) is 24.1 Å². The summed E-state index contributed by atoms with van der Waals surface area (Å²) in [6.07, 6.45) is 7.20. The highest BCUT2D eigenvalue weighted by Gasteiger charge is 2.31. The molecule has 2 aliphatic rings. The SMILES string of the molecule is CC(C)CCN(C1CCCC1)C1CNC1. The number of hydrogen-bond donors (Lipinski definition) is 1. The van der Waals surface area contributed by atoms with E-state index in [0.717, 1.165) is 18.0 Å². The number of rotatable bonds is 5. The molecule has 1 aliphatic carbocycles. The van der Waals surface area contributed by atoms with E-state index in [0.29, 0.717) is 0 Å². The summed E-state index contributed by atoms with van der Waals surface area (Å²) in [5.74, 6) is 0.849. The second-order valence-corrected chi connectivity index (χ2v) is 5.67. The normalized spacial score (nSPS) is 24.0. The minimum Gasteiger partial charge on any atom is -0.314 e. The van der Waals surface area contributed by atoms with Gasteiger partial charge in [0.1, 0.15) is 0 Å². The molecule has 0 unspecified atom stereocenters. The summed E-state index contributed by atoms with van der Waals surface area (Å²) in [6, 6.07) is 1.77. The summed E-state index contributed by atoms with van der Waals surface area (Å²) in [5, 5.41) is 3.41. The average molecular weight is 210 g/mol. The molecule has 2 rings (SSSR count). The van der Waals surface area contributed by atoms with Crippen molar-refractivity contribution < 1.29 is 0 Å². The van der Waals surface area contributed by atoms with Crippen LogP contribution in [0.2, 0.25) is 0 Å². The van der Waals surface area contributed by atoms with E-state index < -0.39 is 0 Å². The van der Waals surface area contributed by atoms with E-state index in [1.54, 1.807) is 0 Å². The maximum absolute atomic E-state index is 3.41. The highest BCUT2D eigenvalue weighted by atomic mass is 15.3. The molecule has 15 heavy (non-hydrogen) atoms. The van der Waals surface area contributed by atoms with Crippen LogP contribution in [-0.2, 0) is 0 Å². The summed E-state index contributed by atoms with van der Waals surface area (Å²) in [7, 11) is 0. The number of nitrogens with one attached hydrogen (secondary N) is 1. The Bertz CT molecular complexity index is 181. The van der Waals surface area contributed by atoms with Crippen molar-refractivity contribution in [3.63, 3.8) is 0 Å². The second kappa shape index (κ2) is 5.31. The van der Waals surface area contributed by atoms with Gasteiger partial charge in [-0.15, -0.1) is 0 Å². The van der Waals surface area contributed by atoms with Crippen molar-refractivity contribution in [2.45, 2.75) is 58.0 Å². The standard InChI is InChI=1S/C13H26N2/c1-11(2)7-8-15(13-9-14-10-13)12-5-3-4-6-12/h11-14H,3-10H2,1-2H3. The molecular weight excluding hydrogens is 184 g/mol. The zero-order valence-corrected chi connectivity index (χ0v) is 10.3. The van der Waals surface area contributed by atoms with E-state index >= 15 is 0 Å². The van der Waals surface area contributed by atoms with Gasteiger partial charge < -0.3 is 5.32 Å². The van der Waals surface area contributed by atoms with Gasteiger partial charge in [0.05, 0.1) is 0 Å². The molecule has 0 aromatic carbocycles. The van der Waals surface area contributed by atoms with E-state index in [-0.39, 0.29) is 0 Å². The van der Waals surface area contributed by atoms with E-state index in [1.807, 2.05) is 0 Å². The first-order valence-electron chi connectivity index (χ1n) is 6.74. The molecule has 0 atom stereocenters. The van der Waals surface area contributed by atoms with Crippen LogP contribution >= 0.6 is 0 Å². The third-order valence-corrected chi connectivity index (χ3v) is 3.99. The third kappa shape index (κ3) is 2.94. The molecule has 0 amide bonds. The Labute approximate surface area is 94.4 Å². The molecule has 1 heterocycles. The molecular formula is C13H26N2. The van der Waals surface area contributed by atoms with Gasteiger partial charge in [-0.3, -0.25) is 4.90 Å². The van der Waals surface area contributed by atoms with E-state index in [1.165, 1.54) is 51.7 Å². The Morgan fingerprint density at radius 3 is 2.27 bits per heavy atom. The Morgan fingerprint density at radius 1 is 1.13 bits per heavy atom. The highest BCUT2D eigenvalue weighted by Crippen LogP contribution is 2.26. The van der Waals surface area contributed by atoms with Crippen LogP contribution in [0.25, 0.3) is 0 Å². The maximum atomic E-state index is 3.41. The minimum absolute atomic E-state index is 0.849. The van der Waals surface area contributed by atoms with Crippen molar-refractivity contribution in [2.75, 3.05) is 19.6 Å². The van der Waals surface area contributed by atoms with Crippen molar-refractivity contribution in [1.29, 1.82) is 0 Å². The first-order chi connectivity index (χ1) is 7.27. The molecule has 1 N–H and O–H groups in total. The van der Waals surface area contributed by atoms with Crippen LogP contribution in [-0.4, -0.2) is 36.6 Å². The van der Waals surface area contributed by atoms with Gasteiger partial charge in [-0.05, 0) is 31.7 Å². The largest absolute Gasteiger partial charge is 0.314 e. The Hall–Kier alpha value is -0.0800.